The van der Waals surface area contributed by atoms with Crippen LogP contribution in [0.4, 0.5) is 16.2 Å². The lowest BCUT2D eigenvalue weighted by Gasteiger charge is -2.33. The number of urea groups is 1. The second-order valence-corrected chi connectivity index (χ2v) is 8.87. The number of hydrogen-bond donors (Lipinski definition) is 0. The van der Waals surface area contributed by atoms with Gasteiger partial charge in [0.15, 0.2) is 5.54 Å². The summed E-state index contributed by atoms with van der Waals surface area (Å²) < 4.78 is 0. The molecule has 1 saturated heterocycles. The zero-order valence-electron chi connectivity index (χ0n) is 20.1. The summed E-state index contributed by atoms with van der Waals surface area (Å²) in [6.45, 7) is 7.58. The van der Waals surface area contributed by atoms with Crippen LogP contribution in [0.25, 0.3) is 0 Å². The minimum absolute atomic E-state index is 0.0442. The van der Waals surface area contributed by atoms with E-state index in [0.717, 1.165) is 61.2 Å². The lowest BCUT2D eigenvalue weighted by molar-refractivity contribution is -0.125. The molecule has 3 amide bonds. The second-order valence-electron chi connectivity index (χ2n) is 8.87. The van der Waals surface area contributed by atoms with Gasteiger partial charge in [0.1, 0.15) is 0 Å². The molecule has 1 spiro atoms. The molecule has 0 saturated carbocycles. The molecule has 2 aliphatic rings. The highest BCUT2D eigenvalue weighted by Crippen LogP contribution is 2.55. The van der Waals surface area contributed by atoms with E-state index in [2.05, 4.69) is 26.8 Å². The average molecular weight is 446 g/mol. The van der Waals surface area contributed by atoms with E-state index in [4.69, 9.17) is 0 Å². The first kappa shape index (κ1) is 23.1. The van der Waals surface area contributed by atoms with Crippen molar-refractivity contribution in [2.75, 3.05) is 18.0 Å². The number of anilines is 2. The number of unbranched alkanes of at least 4 members (excludes halogenated alkanes) is 3. The Balaban J connectivity index is 1.97. The van der Waals surface area contributed by atoms with E-state index in [-0.39, 0.29) is 11.9 Å². The van der Waals surface area contributed by atoms with E-state index < -0.39 is 5.54 Å². The highest BCUT2D eigenvalue weighted by atomic mass is 16.2. The minimum Gasteiger partial charge on any atom is -0.300 e. The van der Waals surface area contributed by atoms with Crippen LogP contribution in [0.1, 0.15) is 64.9 Å². The molecule has 1 unspecified atom stereocenters. The lowest BCUT2D eigenvalue weighted by atomic mass is 9.86. The molecule has 1 atom stereocenters. The van der Waals surface area contributed by atoms with Gasteiger partial charge in [-0.2, -0.15) is 0 Å². The Morgan fingerprint density at radius 2 is 1.48 bits per heavy atom. The number of allylic oxidation sites excluding steroid dienone is 1. The van der Waals surface area contributed by atoms with Crippen LogP contribution in [-0.4, -0.2) is 34.8 Å². The highest BCUT2D eigenvalue weighted by Gasteiger charge is 2.65. The number of para-hydroxylation sites is 2. The molecule has 0 N–H and O–H groups in total. The van der Waals surface area contributed by atoms with Crippen LogP contribution >= 0.6 is 0 Å². The minimum atomic E-state index is -1.11. The Morgan fingerprint density at radius 1 is 0.818 bits per heavy atom. The number of carbonyl (C=O) groups is 2. The maximum Gasteiger partial charge on any atom is 0.325 e. The molecule has 2 aromatic rings. The van der Waals surface area contributed by atoms with Gasteiger partial charge >= 0.3 is 6.03 Å². The van der Waals surface area contributed by atoms with Crippen molar-refractivity contribution in [2.24, 2.45) is 0 Å². The molecule has 0 aromatic heterocycles. The first-order valence-corrected chi connectivity index (χ1v) is 12.4. The van der Waals surface area contributed by atoms with E-state index >= 15 is 0 Å². The smallest absolute Gasteiger partial charge is 0.300 e. The van der Waals surface area contributed by atoms with Crippen molar-refractivity contribution in [3.63, 3.8) is 0 Å². The first-order valence-electron chi connectivity index (χ1n) is 12.4. The molecule has 0 bridgehead atoms. The quantitative estimate of drug-likeness (QED) is 0.437. The maximum atomic E-state index is 14.6. The van der Waals surface area contributed by atoms with Gasteiger partial charge in [-0.15, -0.1) is 0 Å². The summed E-state index contributed by atoms with van der Waals surface area (Å²) in [5, 5.41) is 0. The van der Waals surface area contributed by atoms with E-state index in [1.165, 1.54) is 0 Å². The number of benzene rings is 2. The SMILES string of the molecule is CCC/C=C1\N(CCCC)C(=O)N(CCCC)C12C(=O)N(c1ccccc1)c1ccccc12. The number of fused-ring (bicyclic) bond motifs is 2. The summed E-state index contributed by atoms with van der Waals surface area (Å²) in [6, 6.07) is 17.7. The first-order chi connectivity index (χ1) is 16.1. The Kier molecular flexibility index (Phi) is 6.87. The molecule has 5 nitrogen and oxygen atoms in total. The molecule has 33 heavy (non-hydrogen) atoms. The number of hydrogen-bond acceptors (Lipinski definition) is 2. The zero-order valence-corrected chi connectivity index (χ0v) is 20.1. The standard InChI is InChI=1S/C28H35N3O2/c1-4-7-19-25-28(30(21-9-6-3)27(33)29(25)20-8-5-2)23-17-13-14-18-24(23)31(26(28)32)22-15-11-10-12-16-22/h10-19H,4-9,20-21H2,1-3H3/b25-19-. The molecule has 4 rings (SSSR count). The molecule has 0 radical (unpaired) electrons. The number of nitrogens with zero attached hydrogens (tertiary/aromatic N) is 3. The van der Waals surface area contributed by atoms with Crippen LogP contribution in [0.5, 0.6) is 0 Å². The van der Waals surface area contributed by atoms with Crippen LogP contribution in [0.3, 0.4) is 0 Å². The Labute approximate surface area is 197 Å². The largest absolute Gasteiger partial charge is 0.325 e. The van der Waals surface area contributed by atoms with Crippen LogP contribution in [0, 0.1) is 0 Å². The van der Waals surface area contributed by atoms with Crippen molar-refractivity contribution in [1.29, 1.82) is 0 Å². The number of amides is 3. The van der Waals surface area contributed by atoms with Crippen molar-refractivity contribution in [3.8, 4) is 0 Å². The van der Waals surface area contributed by atoms with E-state index in [0.29, 0.717) is 13.1 Å². The third-order valence-corrected chi connectivity index (χ3v) is 6.69. The predicted octanol–water partition coefficient (Wildman–Crippen LogP) is 6.58. The lowest BCUT2D eigenvalue weighted by Crippen LogP contribution is -2.50. The summed E-state index contributed by atoms with van der Waals surface area (Å²) in [4.78, 5) is 34.0. The fraction of sp³-hybridized carbons (Fsp3) is 0.429. The molecular weight excluding hydrogens is 410 g/mol. The molecule has 1 fully saturated rings. The normalized spacial score (nSPS) is 21.1. The van der Waals surface area contributed by atoms with Gasteiger partial charge in [-0.05, 0) is 37.5 Å². The molecule has 5 heteroatoms. The van der Waals surface area contributed by atoms with Crippen molar-refractivity contribution < 1.29 is 9.59 Å². The fourth-order valence-electron chi connectivity index (χ4n) is 5.08. The van der Waals surface area contributed by atoms with Crippen LogP contribution in [0.15, 0.2) is 66.4 Å². The van der Waals surface area contributed by atoms with Gasteiger partial charge in [-0.25, -0.2) is 4.79 Å². The maximum absolute atomic E-state index is 14.6. The molecule has 174 valence electrons. The van der Waals surface area contributed by atoms with Crippen molar-refractivity contribution in [1.82, 2.24) is 9.80 Å². The Hall–Kier alpha value is -3.08. The third-order valence-electron chi connectivity index (χ3n) is 6.69. The van der Waals surface area contributed by atoms with Crippen LogP contribution in [-0.2, 0) is 10.3 Å². The van der Waals surface area contributed by atoms with Gasteiger partial charge in [-0.3, -0.25) is 14.6 Å². The van der Waals surface area contributed by atoms with Crippen molar-refractivity contribution >= 4 is 23.3 Å². The van der Waals surface area contributed by atoms with Gasteiger partial charge in [0.05, 0.1) is 11.4 Å². The summed E-state index contributed by atoms with van der Waals surface area (Å²) in [5.74, 6) is -0.0549. The second kappa shape index (κ2) is 9.82. The number of carbonyl (C=O) groups excluding carboxylic acids is 2. The van der Waals surface area contributed by atoms with E-state index in [1.54, 1.807) is 0 Å². The summed E-state index contributed by atoms with van der Waals surface area (Å²) in [6.07, 6.45) is 7.65. The zero-order chi connectivity index (χ0) is 23.4. The van der Waals surface area contributed by atoms with E-state index in [9.17, 15) is 9.59 Å². The summed E-state index contributed by atoms with van der Waals surface area (Å²) >= 11 is 0. The topological polar surface area (TPSA) is 43.9 Å². The molecule has 0 aliphatic carbocycles. The fourth-order valence-corrected chi connectivity index (χ4v) is 5.08. The van der Waals surface area contributed by atoms with Crippen molar-refractivity contribution in [2.45, 2.75) is 64.8 Å². The van der Waals surface area contributed by atoms with Crippen molar-refractivity contribution in [3.05, 3.63) is 71.9 Å². The molecule has 2 aliphatic heterocycles. The summed E-state index contributed by atoms with van der Waals surface area (Å²) in [7, 11) is 0. The monoisotopic (exact) mass is 445 g/mol. The Bertz CT molecular complexity index is 1030. The average Bonchev–Trinajstić information content (AvgIpc) is 3.24. The molecule has 2 heterocycles. The van der Waals surface area contributed by atoms with Gasteiger partial charge in [0.25, 0.3) is 5.91 Å². The predicted molar refractivity (Wildman–Crippen MR) is 133 cm³/mol. The van der Waals surface area contributed by atoms with Gasteiger partial charge in [0.2, 0.25) is 0 Å². The molecular formula is C28H35N3O2. The van der Waals surface area contributed by atoms with Crippen LogP contribution in [0.2, 0.25) is 0 Å². The van der Waals surface area contributed by atoms with Gasteiger partial charge in [0, 0.05) is 24.3 Å². The number of rotatable bonds is 9. The Morgan fingerprint density at radius 3 is 2.18 bits per heavy atom. The van der Waals surface area contributed by atoms with Crippen LogP contribution < -0.4 is 4.90 Å². The summed E-state index contributed by atoms with van der Waals surface area (Å²) in [5.41, 5.74) is 2.33. The molecule has 2 aromatic carbocycles. The van der Waals surface area contributed by atoms with Gasteiger partial charge in [-0.1, -0.05) is 82.5 Å². The highest BCUT2D eigenvalue weighted by molar-refractivity contribution is 6.17. The van der Waals surface area contributed by atoms with Gasteiger partial charge < -0.3 is 4.90 Å². The van der Waals surface area contributed by atoms with E-state index in [1.807, 2.05) is 69.3 Å². The third kappa shape index (κ3) is 3.64.